The molecule has 0 bridgehead atoms. The highest BCUT2D eigenvalue weighted by molar-refractivity contribution is 8.00. The Morgan fingerprint density at radius 2 is 1.65 bits per heavy atom. The van der Waals surface area contributed by atoms with E-state index in [9.17, 15) is 13.6 Å². The number of benzene rings is 2. The lowest BCUT2D eigenvalue weighted by Crippen LogP contribution is -2.15. The summed E-state index contributed by atoms with van der Waals surface area (Å²) in [4.78, 5) is 13.1. The van der Waals surface area contributed by atoms with Crippen LogP contribution in [-0.4, -0.2) is 11.7 Å². The van der Waals surface area contributed by atoms with Gasteiger partial charge in [0.15, 0.2) is 0 Å². The van der Waals surface area contributed by atoms with Crippen LogP contribution < -0.4 is 5.32 Å². The molecule has 2 nitrogen and oxygen atoms in total. The number of amides is 1. The molecule has 0 aliphatic rings. The number of thioether (sulfide) groups is 1. The summed E-state index contributed by atoms with van der Waals surface area (Å²) >= 11 is 1.43. The molecule has 0 unspecified atom stereocenters. The third-order valence-corrected chi connectivity index (χ3v) is 5.16. The van der Waals surface area contributed by atoms with E-state index in [4.69, 9.17) is 0 Å². The zero-order chi connectivity index (χ0) is 17.1. The van der Waals surface area contributed by atoms with Crippen LogP contribution in [0.2, 0.25) is 0 Å². The third kappa shape index (κ3) is 4.10. The van der Waals surface area contributed by atoms with Crippen molar-refractivity contribution >= 4 is 23.4 Å². The maximum absolute atomic E-state index is 13.5. The largest absolute Gasteiger partial charge is 0.323 e. The van der Waals surface area contributed by atoms with Gasteiger partial charge in [-0.05, 0) is 62.1 Å². The molecule has 122 valence electrons. The van der Waals surface area contributed by atoms with Crippen molar-refractivity contribution in [1.29, 1.82) is 0 Å². The van der Waals surface area contributed by atoms with Crippen molar-refractivity contribution in [1.82, 2.24) is 0 Å². The van der Waals surface area contributed by atoms with E-state index < -0.39 is 11.6 Å². The van der Waals surface area contributed by atoms with Gasteiger partial charge in [-0.25, -0.2) is 8.78 Å². The van der Waals surface area contributed by atoms with E-state index in [1.54, 1.807) is 0 Å². The molecule has 1 amide bonds. The summed E-state index contributed by atoms with van der Waals surface area (Å²) in [7, 11) is 0. The molecule has 23 heavy (non-hydrogen) atoms. The lowest BCUT2D eigenvalue weighted by atomic mass is 10.0. The van der Waals surface area contributed by atoms with Gasteiger partial charge in [0.2, 0.25) is 5.91 Å². The Hall–Kier alpha value is -1.88. The van der Waals surface area contributed by atoms with Gasteiger partial charge in [-0.2, -0.15) is 0 Å². The second-order valence-electron chi connectivity index (χ2n) is 5.55. The fourth-order valence-electron chi connectivity index (χ4n) is 2.31. The van der Waals surface area contributed by atoms with E-state index in [2.05, 4.69) is 11.4 Å². The van der Waals surface area contributed by atoms with Gasteiger partial charge in [0, 0.05) is 11.0 Å². The first-order valence-corrected chi connectivity index (χ1v) is 8.23. The predicted molar refractivity (Wildman–Crippen MR) is 91.1 cm³/mol. The highest BCUT2D eigenvalue weighted by Gasteiger charge is 2.12. The SMILES string of the molecule is Cc1cc(C)c(C)c(SCC(=O)Nc2ccc(F)cc2F)c1C. The standard InChI is InChI=1S/C18H19F2NOS/c1-10-7-11(2)13(4)18(12(10)3)23-9-17(22)21-16-6-5-14(19)8-15(16)20/h5-8H,9H2,1-4H3,(H,21,22). The molecule has 1 N–H and O–H groups in total. The van der Waals surface area contributed by atoms with Crippen molar-refractivity contribution in [2.75, 3.05) is 11.1 Å². The van der Waals surface area contributed by atoms with Crippen molar-refractivity contribution in [3.05, 3.63) is 58.2 Å². The Morgan fingerprint density at radius 1 is 1.04 bits per heavy atom. The van der Waals surface area contributed by atoms with Gasteiger partial charge in [-0.15, -0.1) is 11.8 Å². The maximum Gasteiger partial charge on any atom is 0.234 e. The Balaban J connectivity index is 2.08. The van der Waals surface area contributed by atoms with Crippen LogP contribution in [0.5, 0.6) is 0 Å². The monoisotopic (exact) mass is 335 g/mol. The van der Waals surface area contributed by atoms with Gasteiger partial charge in [0.25, 0.3) is 0 Å². The summed E-state index contributed by atoms with van der Waals surface area (Å²) in [5.41, 5.74) is 4.66. The molecule has 0 saturated carbocycles. The van der Waals surface area contributed by atoms with E-state index in [0.29, 0.717) is 0 Å². The van der Waals surface area contributed by atoms with Gasteiger partial charge < -0.3 is 5.32 Å². The van der Waals surface area contributed by atoms with Crippen LogP contribution in [0.15, 0.2) is 29.2 Å². The molecule has 5 heteroatoms. The highest BCUT2D eigenvalue weighted by atomic mass is 32.2. The second kappa shape index (κ2) is 7.13. The average Bonchev–Trinajstić information content (AvgIpc) is 2.48. The number of nitrogens with one attached hydrogen (secondary N) is 1. The van der Waals surface area contributed by atoms with Crippen LogP contribution in [-0.2, 0) is 4.79 Å². The molecule has 0 radical (unpaired) electrons. The zero-order valence-electron chi connectivity index (χ0n) is 13.6. The zero-order valence-corrected chi connectivity index (χ0v) is 14.4. The molecular weight excluding hydrogens is 316 g/mol. The van der Waals surface area contributed by atoms with Crippen LogP contribution in [0, 0.1) is 39.3 Å². The molecule has 0 aliphatic carbocycles. The molecule has 0 saturated heterocycles. The Labute approximate surface area is 139 Å². The number of rotatable bonds is 4. The summed E-state index contributed by atoms with van der Waals surface area (Å²) in [5, 5.41) is 2.47. The third-order valence-electron chi connectivity index (χ3n) is 3.85. The number of hydrogen-bond donors (Lipinski definition) is 1. The minimum atomic E-state index is -0.776. The van der Waals surface area contributed by atoms with Crippen LogP contribution in [0.4, 0.5) is 14.5 Å². The predicted octanol–water partition coefficient (Wildman–Crippen LogP) is 4.93. The van der Waals surface area contributed by atoms with Crippen LogP contribution in [0.25, 0.3) is 0 Å². The molecule has 0 heterocycles. The van der Waals surface area contributed by atoms with E-state index in [1.807, 2.05) is 27.7 Å². The minimum absolute atomic E-state index is 0.00846. The molecule has 0 fully saturated rings. The fraction of sp³-hybridized carbons (Fsp3) is 0.278. The number of aryl methyl sites for hydroxylation is 2. The summed E-state index contributed by atoms with van der Waals surface area (Å²) in [6.07, 6.45) is 0. The van der Waals surface area contributed by atoms with E-state index in [1.165, 1.54) is 29.0 Å². The fourth-order valence-corrected chi connectivity index (χ4v) is 3.41. The lowest BCUT2D eigenvalue weighted by Gasteiger charge is -2.14. The lowest BCUT2D eigenvalue weighted by molar-refractivity contribution is -0.113. The van der Waals surface area contributed by atoms with Crippen molar-refractivity contribution in [3.63, 3.8) is 0 Å². The van der Waals surface area contributed by atoms with Gasteiger partial charge >= 0.3 is 0 Å². The minimum Gasteiger partial charge on any atom is -0.323 e. The van der Waals surface area contributed by atoms with Crippen molar-refractivity contribution < 1.29 is 13.6 Å². The first-order valence-electron chi connectivity index (χ1n) is 7.24. The number of hydrogen-bond acceptors (Lipinski definition) is 2. The molecule has 2 aromatic rings. The summed E-state index contributed by atoms with van der Waals surface area (Å²) in [6.45, 7) is 8.14. The summed E-state index contributed by atoms with van der Waals surface area (Å²) in [5.74, 6) is -1.60. The van der Waals surface area contributed by atoms with Crippen LogP contribution in [0.3, 0.4) is 0 Å². The van der Waals surface area contributed by atoms with Crippen LogP contribution >= 0.6 is 11.8 Å². The normalized spacial score (nSPS) is 10.7. The van der Waals surface area contributed by atoms with Crippen LogP contribution in [0.1, 0.15) is 22.3 Å². The molecular formula is C18H19F2NOS. The smallest absolute Gasteiger partial charge is 0.234 e. The first-order chi connectivity index (χ1) is 10.8. The Bertz CT molecular complexity index is 733. The van der Waals surface area contributed by atoms with Gasteiger partial charge in [0.1, 0.15) is 11.6 Å². The van der Waals surface area contributed by atoms with Gasteiger partial charge in [-0.3, -0.25) is 4.79 Å². The van der Waals surface area contributed by atoms with E-state index in [0.717, 1.165) is 28.2 Å². The van der Waals surface area contributed by atoms with Crippen molar-refractivity contribution in [2.45, 2.75) is 32.6 Å². The van der Waals surface area contributed by atoms with Crippen molar-refractivity contribution in [2.24, 2.45) is 0 Å². The molecule has 2 rings (SSSR count). The quantitative estimate of drug-likeness (QED) is 0.803. The molecule has 0 atom stereocenters. The first kappa shape index (κ1) is 17.5. The van der Waals surface area contributed by atoms with Gasteiger partial charge in [0.05, 0.1) is 11.4 Å². The second-order valence-corrected chi connectivity index (χ2v) is 6.54. The van der Waals surface area contributed by atoms with Crippen molar-refractivity contribution in [3.8, 4) is 0 Å². The molecule has 2 aromatic carbocycles. The van der Waals surface area contributed by atoms with Gasteiger partial charge in [-0.1, -0.05) is 6.07 Å². The number of halogens is 2. The molecule has 0 spiro atoms. The molecule has 0 aromatic heterocycles. The maximum atomic E-state index is 13.5. The topological polar surface area (TPSA) is 29.1 Å². The molecule has 0 aliphatic heterocycles. The number of carbonyl (C=O) groups is 1. The highest BCUT2D eigenvalue weighted by Crippen LogP contribution is 2.31. The summed E-state index contributed by atoms with van der Waals surface area (Å²) in [6, 6.07) is 5.22. The number of anilines is 1. The number of carbonyl (C=O) groups excluding carboxylic acids is 1. The summed E-state index contributed by atoms with van der Waals surface area (Å²) < 4.78 is 26.4. The van der Waals surface area contributed by atoms with E-state index >= 15 is 0 Å². The van der Waals surface area contributed by atoms with E-state index in [-0.39, 0.29) is 17.3 Å². The Morgan fingerprint density at radius 3 is 2.22 bits per heavy atom. The average molecular weight is 335 g/mol. The Kier molecular flexibility index (Phi) is 5.42.